The largest absolute Gasteiger partial charge is 0.481 e. The van der Waals surface area contributed by atoms with Crippen LogP contribution in [0.25, 0.3) is 0 Å². The first-order valence-corrected chi connectivity index (χ1v) is 7.45. The van der Waals surface area contributed by atoms with Crippen molar-refractivity contribution in [1.82, 2.24) is 4.31 Å². The van der Waals surface area contributed by atoms with E-state index in [1.807, 2.05) is 0 Å². The summed E-state index contributed by atoms with van der Waals surface area (Å²) >= 11 is 0. The van der Waals surface area contributed by atoms with Gasteiger partial charge in [0.15, 0.2) is 0 Å². The van der Waals surface area contributed by atoms with Crippen LogP contribution in [0, 0.1) is 24.0 Å². The Morgan fingerprint density at radius 3 is 2.38 bits per heavy atom. The van der Waals surface area contributed by atoms with E-state index in [0.717, 1.165) is 10.4 Å². The summed E-state index contributed by atoms with van der Waals surface area (Å²) in [5, 5.41) is 19.5. The molecular weight excluding hydrogens is 300 g/mol. The maximum atomic E-state index is 12.4. The van der Waals surface area contributed by atoms with Gasteiger partial charge in [-0.05, 0) is 25.5 Å². The van der Waals surface area contributed by atoms with Crippen molar-refractivity contribution >= 4 is 21.7 Å². The molecule has 21 heavy (non-hydrogen) atoms. The van der Waals surface area contributed by atoms with Crippen molar-refractivity contribution in [3.8, 4) is 0 Å². The Morgan fingerprint density at radius 1 is 1.33 bits per heavy atom. The van der Waals surface area contributed by atoms with Crippen LogP contribution < -0.4 is 0 Å². The molecule has 0 spiro atoms. The summed E-state index contributed by atoms with van der Waals surface area (Å²) in [7, 11) is -2.73. The van der Waals surface area contributed by atoms with Gasteiger partial charge in [0.1, 0.15) is 0 Å². The highest BCUT2D eigenvalue weighted by Gasteiger charge is 2.26. The monoisotopic (exact) mass is 316 g/mol. The Morgan fingerprint density at radius 2 is 1.90 bits per heavy atom. The molecule has 0 bridgehead atoms. The van der Waals surface area contributed by atoms with Gasteiger partial charge in [-0.2, -0.15) is 0 Å². The first-order valence-electron chi connectivity index (χ1n) is 6.01. The van der Waals surface area contributed by atoms with Crippen LogP contribution in [0.4, 0.5) is 5.69 Å². The molecule has 1 N–H and O–H groups in total. The SMILES string of the molecule is Cc1cc(C)c(S(=O)(=O)N(C)CCC(=O)O)cc1[N+](=O)[O-]. The number of carboxylic acid groups (broad SMARTS) is 1. The van der Waals surface area contributed by atoms with Gasteiger partial charge in [-0.3, -0.25) is 14.9 Å². The highest BCUT2D eigenvalue weighted by molar-refractivity contribution is 7.89. The van der Waals surface area contributed by atoms with Gasteiger partial charge in [-0.1, -0.05) is 0 Å². The number of hydrogen-bond donors (Lipinski definition) is 1. The van der Waals surface area contributed by atoms with Crippen molar-refractivity contribution in [2.45, 2.75) is 25.2 Å². The van der Waals surface area contributed by atoms with E-state index in [2.05, 4.69) is 0 Å². The Balaban J connectivity index is 3.28. The molecule has 0 aliphatic heterocycles. The minimum absolute atomic E-state index is 0.187. The van der Waals surface area contributed by atoms with Gasteiger partial charge in [-0.25, -0.2) is 12.7 Å². The second-order valence-electron chi connectivity index (χ2n) is 4.63. The van der Waals surface area contributed by atoms with Crippen molar-refractivity contribution < 1.29 is 23.2 Å². The average molecular weight is 316 g/mol. The van der Waals surface area contributed by atoms with E-state index < -0.39 is 20.9 Å². The van der Waals surface area contributed by atoms with Crippen LogP contribution in [-0.2, 0) is 14.8 Å². The van der Waals surface area contributed by atoms with Gasteiger partial charge >= 0.3 is 5.97 Å². The summed E-state index contributed by atoms with van der Waals surface area (Å²) in [6.07, 6.45) is -0.345. The summed E-state index contributed by atoms with van der Waals surface area (Å²) < 4.78 is 25.6. The number of carbonyl (C=O) groups is 1. The number of nitrogens with zero attached hydrogens (tertiary/aromatic N) is 2. The number of carboxylic acids is 1. The van der Waals surface area contributed by atoms with Crippen LogP contribution in [0.2, 0.25) is 0 Å². The summed E-state index contributed by atoms with van der Waals surface area (Å²) in [6, 6.07) is 2.44. The van der Waals surface area contributed by atoms with Gasteiger partial charge in [-0.15, -0.1) is 0 Å². The quantitative estimate of drug-likeness (QED) is 0.624. The lowest BCUT2D eigenvalue weighted by Crippen LogP contribution is -2.29. The molecule has 1 aromatic carbocycles. The van der Waals surface area contributed by atoms with Gasteiger partial charge < -0.3 is 5.11 Å². The Labute approximate surface area is 122 Å². The zero-order valence-electron chi connectivity index (χ0n) is 11.9. The van der Waals surface area contributed by atoms with Crippen molar-refractivity contribution in [1.29, 1.82) is 0 Å². The third-order valence-electron chi connectivity index (χ3n) is 3.02. The van der Waals surface area contributed by atoms with Crippen molar-refractivity contribution in [3.05, 3.63) is 33.4 Å². The van der Waals surface area contributed by atoms with Crippen molar-refractivity contribution in [2.75, 3.05) is 13.6 Å². The number of nitro benzene ring substituents is 1. The normalized spacial score (nSPS) is 11.6. The molecule has 0 radical (unpaired) electrons. The minimum Gasteiger partial charge on any atom is -0.481 e. The summed E-state index contributed by atoms with van der Waals surface area (Å²) in [5.41, 5.74) is 0.454. The second-order valence-corrected chi connectivity index (χ2v) is 6.64. The smallest absolute Gasteiger partial charge is 0.304 e. The molecule has 8 nitrogen and oxygen atoms in total. The molecule has 1 aromatic rings. The number of hydrogen-bond acceptors (Lipinski definition) is 5. The highest BCUT2D eigenvalue weighted by Crippen LogP contribution is 2.27. The van der Waals surface area contributed by atoms with E-state index in [1.54, 1.807) is 0 Å². The molecule has 0 fully saturated rings. The van der Waals surface area contributed by atoms with Gasteiger partial charge in [0.25, 0.3) is 5.69 Å². The molecule has 116 valence electrons. The summed E-state index contributed by atoms with van der Waals surface area (Å²) in [4.78, 5) is 20.6. The lowest BCUT2D eigenvalue weighted by molar-refractivity contribution is -0.385. The average Bonchev–Trinajstić information content (AvgIpc) is 2.34. The molecule has 9 heteroatoms. The second kappa shape index (κ2) is 6.19. The third kappa shape index (κ3) is 3.76. The standard InChI is InChI=1S/C12H16N2O6S/c1-8-6-9(2)11(7-10(8)14(17)18)21(19,20)13(3)5-4-12(15)16/h6-7H,4-5H2,1-3H3,(H,15,16). The van der Waals surface area contributed by atoms with Gasteiger partial charge in [0, 0.05) is 25.2 Å². The lowest BCUT2D eigenvalue weighted by atomic mass is 10.1. The molecule has 0 unspecified atom stereocenters. The van der Waals surface area contributed by atoms with Gasteiger partial charge in [0.2, 0.25) is 10.0 Å². The topological polar surface area (TPSA) is 118 Å². The predicted molar refractivity (Wildman–Crippen MR) is 74.6 cm³/mol. The van der Waals surface area contributed by atoms with E-state index in [4.69, 9.17) is 5.11 Å². The van der Waals surface area contributed by atoms with E-state index in [-0.39, 0.29) is 23.5 Å². The molecule has 1 rings (SSSR count). The fourth-order valence-electron chi connectivity index (χ4n) is 1.84. The molecule has 0 amide bonds. The first kappa shape index (κ1) is 17.1. The van der Waals surface area contributed by atoms with Crippen LogP contribution in [0.15, 0.2) is 17.0 Å². The Bertz CT molecular complexity index is 683. The number of aryl methyl sites for hydroxylation is 2. The summed E-state index contributed by atoms with van der Waals surface area (Å²) in [6.45, 7) is 2.85. The minimum atomic E-state index is -3.97. The van der Waals surface area contributed by atoms with Crippen molar-refractivity contribution in [2.24, 2.45) is 0 Å². The van der Waals surface area contributed by atoms with Crippen LogP contribution in [-0.4, -0.2) is 42.3 Å². The zero-order chi connectivity index (χ0) is 16.4. The Hall–Kier alpha value is -2.00. The van der Waals surface area contributed by atoms with Crippen LogP contribution >= 0.6 is 0 Å². The fourth-order valence-corrected chi connectivity index (χ4v) is 3.23. The molecule has 0 aromatic heterocycles. The van der Waals surface area contributed by atoms with E-state index in [1.165, 1.54) is 27.0 Å². The molecule has 0 saturated heterocycles. The molecule has 0 aliphatic carbocycles. The molecular formula is C12H16N2O6S. The summed E-state index contributed by atoms with van der Waals surface area (Å²) in [5.74, 6) is -1.12. The lowest BCUT2D eigenvalue weighted by Gasteiger charge is -2.18. The van der Waals surface area contributed by atoms with Crippen molar-refractivity contribution in [3.63, 3.8) is 0 Å². The maximum Gasteiger partial charge on any atom is 0.304 e. The van der Waals surface area contributed by atoms with E-state index >= 15 is 0 Å². The number of aliphatic carboxylic acids is 1. The maximum absolute atomic E-state index is 12.4. The zero-order valence-corrected chi connectivity index (χ0v) is 12.7. The Kier molecular flexibility index (Phi) is 5.02. The third-order valence-corrected chi connectivity index (χ3v) is 5.02. The first-order chi connectivity index (χ1) is 9.57. The van der Waals surface area contributed by atoms with E-state index in [9.17, 15) is 23.3 Å². The number of nitro groups is 1. The van der Waals surface area contributed by atoms with Crippen LogP contribution in [0.5, 0.6) is 0 Å². The predicted octanol–water partition coefficient (Wildman–Crippen LogP) is 1.31. The number of rotatable bonds is 6. The molecule has 0 atom stereocenters. The molecule has 0 saturated carbocycles. The number of benzene rings is 1. The van der Waals surface area contributed by atoms with Gasteiger partial charge in [0.05, 0.1) is 16.2 Å². The highest BCUT2D eigenvalue weighted by atomic mass is 32.2. The molecule has 0 aliphatic rings. The fraction of sp³-hybridized carbons (Fsp3) is 0.417. The van der Waals surface area contributed by atoms with Crippen LogP contribution in [0.1, 0.15) is 17.5 Å². The van der Waals surface area contributed by atoms with Crippen LogP contribution in [0.3, 0.4) is 0 Å². The van der Waals surface area contributed by atoms with E-state index in [0.29, 0.717) is 11.1 Å². The molecule has 0 heterocycles. The number of sulfonamides is 1.